The van der Waals surface area contributed by atoms with Crippen molar-refractivity contribution in [3.05, 3.63) is 0 Å². The molecule has 0 saturated heterocycles. The summed E-state index contributed by atoms with van der Waals surface area (Å²) in [6.07, 6.45) is 0.322. The van der Waals surface area contributed by atoms with Crippen LogP contribution < -0.4 is 0 Å². The van der Waals surface area contributed by atoms with Crippen molar-refractivity contribution in [2.45, 2.75) is 26.3 Å². The Bertz CT molecular complexity index is 220. The number of hydrogen-bond acceptors (Lipinski definition) is 5. The van der Waals surface area contributed by atoms with Gasteiger partial charge in [0, 0.05) is 7.05 Å². The van der Waals surface area contributed by atoms with Crippen LogP contribution in [0.2, 0.25) is 0 Å². The van der Waals surface area contributed by atoms with Crippen LogP contribution in [0, 0.1) is 5.92 Å². The lowest BCUT2D eigenvalue weighted by Crippen LogP contribution is -2.39. The van der Waals surface area contributed by atoms with Gasteiger partial charge in [-0.15, -0.1) is 0 Å². The molecule has 0 aromatic carbocycles. The quantitative estimate of drug-likeness (QED) is 0.510. The summed E-state index contributed by atoms with van der Waals surface area (Å²) >= 11 is -2.74. The highest BCUT2D eigenvalue weighted by Gasteiger charge is 2.24. The number of rotatable bonds is 6. The minimum Gasteiger partial charge on any atom is -0.748 e. The molecular formula is C7H14NO5S-. The van der Waals surface area contributed by atoms with Gasteiger partial charge < -0.3 is 9.66 Å². The molecule has 0 rings (SSSR count). The molecule has 14 heavy (non-hydrogen) atoms. The third-order valence-corrected chi connectivity index (χ3v) is 1.95. The Morgan fingerprint density at radius 2 is 2.14 bits per heavy atom. The van der Waals surface area contributed by atoms with E-state index < -0.39 is 23.4 Å². The normalized spacial score (nSPS) is 15.9. The zero-order valence-electron chi connectivity index (χ0n) is 8.30. The predicted molar refractivity (Wildman–Crippen MR) is 48.6 cm³/mol. The molecule has 0 heterocycles. The lowest BCUT2D eigenvalue weighted by molar-refractivity contribution is -0.157. The first-order valence-electron chi connectivity index (χ1n) is 4.08. The summed E-state index contributed by atoms with van der Waals surface area (Å²) < 4.78 is 24.6. The first-order valence-corrected chi connectivity index (χ1v) is 5.08. The van der Waals surface area contributed by atoms with Gasteiger partial charge in [-0.05, 0) is 12.3 Å². The first kappa shape index (κ1) is 13.5. The molecule has 6 nitrogen and oxygen atoms in total. The SMILES string of the molecule is CC(C)C[C@@H](C(=O)O)N(C)OS(=O)[O-]. The van der Waals surface area contributed by atoms with Crippen molar-refractivity contribution in [2.75, 3.05) is 7.05 Å². The van der Waals surface area contributed by atoms with E-state index >= 15 is 0 Å². The van der Waals surface area contributed by atoms with E-state index in [0.717, 1.165) is 5.06 Å². The van der Waals surface area contributed by atoms with Crippen molar-refractivity contribution in [1.29, 1.82) is 0 Å². The van der Waals surface area contributed by atoms with Crippen molar-refractivity contribution in [3.8, 4) is 0 Å². The van der Waals surface area contributed by atoms with Crippen molar-refractivity contribution in [1.82, 2.24) is 5.06 Å². The maximum absolute atomic E-state index is 10.7. The molecular weight excluding hydrogens is 210 g/mol. The fraction of sp³-hybridized carbons (Fsp3) is 0.857. The Balaban J connectivity index is 4.33. The molecule has 0 spiro atoms. The van der Waals surface area contributed by atoms with Crippen LogP contribution in [0.5, 0.6) is 0 Å². The van der Waals surface area contributed by atoms with Gasteiger partial charge in [0.2, 0.25) is 0 Å². The summed E-state index contributed by atoms with van der Waals surface area (Å²) in [5.41, 5.74) is 0. The van der Waals surface area contributed by atoms with Gasteiger partial charge in [0.25, 0.3) is 0 Å². The monoisotopic (exact) mass is 224 g/mol. The highest BCUT2D eigenvalue weighted by atomic mass is 32.2. The molecule has 1 N–H and O–H groups in total. The zero-order valence-corrected chi connectivity index (χ0v) is 9.11. The predicted octanol–water partition coefficient (Wildman–Crippen LogP) is 0.143. The number of carboxylic acids is 1. The highest BCUT2D eigenvalue weighted by Crippen LogP contribution is 2.11. The Kier molecular flexibility index (Phi) is 5.86. The molecule has 0 bridgehead atoms. The van der Waals surface area contributed by atoms with E-state index in [9.17, 15) is 13.6 Å². The van der Waals surface area contributed by atoms with Crippen LogP contribution in [-0.2, 0) is 20.4 Å². The summed E-state index contributed by atoms with van der Waals surface area (Å²) in [4.78, 5) is 10.7. The van der Waals surface area contributed by atoms with Crippen molar-refractivity contribution in [2.24, 2.45) is 5.92 Å². The van der Waals surface area contributed by atoms with Crippen molar-refractivity contribution < 1.29 is 22.9 Å². The second kappa shape index (κ2) is 6.07. The summed E-state index contributed by atoms with van der Waals surface area (Å²) in [5, 5.41) is 9.61. The number of carboxylic acid groups (broad SMARTS) is 1. The standard InChI is InChI=1S/C7H15NO5S/c1-5(2)4-6(7(9)10)8(3)13-14(11)12/h5-6H,4H2,1-3H3,(H,9,10)(H,11,12)/p-1/t6-/m0/s1. The average molecular weight is 224 g/mol. The molecule has 0 radical (unpaired) electrons. The lowest BCUT2D eigenvalue weighted by Gasteiger charge is -2.25. The summed E-state index contributed by atoms with van der Waals surface area (Å²) in [7, 11) is 1.27. The van der Waals surface area contributed by atoms with Gasteiger partial charge in [-0.25, -0.2) is 8.49 Å². The Morgan fingerprint density at radius 1 is 1.64 bits per heavy atom. The third kappa shape index (κ3) is 5.28. The van der Waals surface area contributed by atoms with Gasteiger partial charge >= 0.3 is 5.97 Å². The topological polar surface area (TPSA) is 89.9 Å². The molecule has 0 aromatic heterocycles. The van der Waals surface area contributed by atoms with E-state index in [2.05, 4.69) is 4.28 Å². The Morgan fingerprint density at radius 3 is 2.43 bits per heavy atom. The molecule has 0 aromatic rings. The second-order valence-electron chi connectivity index (χ2n) is 3.31. The summed E-state index contributed by atoms with van der Waals surface area (Å²) in [6, 6.07) is -0.951. The number of hydroxylamine groups is 2. The average Bonchev–Trinajstić information content (AvgIpc) is 1.97. The fourth-order valence-corrected chi connectivity index (χ4v) is 1.30. The van der Waals surface area contributed by atoms with Crippen LogP contribution in [-0.4, -0.2) is 38.0 Å². The van der Waals surface area contributed by atoms with E-state index in [-0.39, 0.29) is 5.92 Å². The van der Waals surface area contributed by atoms with Crippen LogP contribution >= 0.6 is 0 Å². The smallest absolute Gasteiger partial charge is 0.323 e. The number of nitrogens with zero attached hydrogens (tertiary/aromatic N) is 1. The number of carbonyl (C=O) groups is 1. The van der Waals surface area contributed by atoms with E-state index in [1.54, 1.807) is 0 Å². The Hall–Kier alpha value is -0.500. The van der Waals surface area contributed by atoms with Crippen molar-refractivity contribution >= 4 is 17.3 Å². The van der Waals surface area contributed by atoms with Crippen LogP contribution in [0.15, 0.2) is 0 Å². The first-order chi connectivity index (χ1) is 6.34. The van der Waals surface area contributed by atoms with Crippen LogP contribution in [0.3, 0.4) is 0 Å². The van der Waals surface area contributed by atoms with E-state index in [1.807, 2.05) is 13.8 Å². The van der Waals surface area contributed by atoms with E-state index in [0.29, 0.717) is 6.42 Å². The molecule has 0 amide bonds. The number of hydrogen-bond donors (Lipinski definition) is 1. The maximum atomic E-state index is 10.7. The van der Waals surface area contributed by atoms with Gasteiger partial charge in [0.15, 0.2) is 0 Å². The van der Waals surface area contributed by atoms with Gasteiger partial charge in [-0.3, -0.25) is 4.79 Å². The summed E-state index contributed by atoms with van der Waals surface area (Å²) in [5.74, 6) is -0.964. The molecule has 1 unspecified atom stereocenters. The van der Waals surface area contributed by atoms with Crippen LogP contribution in [0.1, 0.15) is 20.3 Å². The van der Waals surface area contributed by atoms with E-state index in [4.69, 9.17) is 5.11 Å². The van der Waals surface area contributed by atoms with Gasteiger partial charge in [-0.1, -0.05) is 13.8 Å². The van der Waals surface area contributed by atoms with E-state index in [1.165, 1.54) is 7.05 Å². The van der Waals surface area contributed by atoms with Gasteiger partial charge in [-0.2, -0.15) is 5.06 Å². The van der Waals surface area contributed by atoms with Crippen LogP contribution in [0.4, 0.5) is 0 Å². The largest absolute Gasteiger partial charge is 0.748 e. The minimum atomic E-state index is -2.74. The zero-order chi connectivity index (χ0) is 11.3. The van der Waals surface area contributed by atoms with Crippen molar-refractivity contribution in [3.63, 3.8) is 0 Å². The molecule has 0 aliphatic carbocycles. The Labute approximate surface area is 85.3 Å². The van der Waals surface area contributed by atoms with Crippen LogP contribution in [0.25, 0.3) is 0 Å². The highest BCUT2D eigenvalue weighted by molar-refractivity contribution is 7.74. The molecule has 0 saturated carbocycles. The molecule has 7 heteroatoms. The summed E-state index contributed by atoms with van der Waals surface area (Å²) in [6.45, 7) is 3.69. The van der Waals surface area contributed by atoms with Gasteiger partial charge in [0.1, 0.15) is 17.4 Å². The van der Waals surface area contributed by atoms with Gasteiger partial charge in [0.05, 0.1) is 0 Å². The molecule has 84 valence electrons. The second-order valence-corrected chi connectivity index (χ2v) is 3.87. The molecule has 0 aliphatic heterocycles. The molecule has 0 fully saturated rings. The molecule has 2 atom stereocenters. The fourth-order valence-electron chi connectivity index (χ4n) is 0.999. The maximum Gasteiger partial charge on any atom is 0.323 e. The number of likely N-dealkylation sites (N-methyl/N-ethyl adjacent to an activating group) is 1. The third-order valence-electron chi connectivity index (χ3n) is 1.60. The lowest BCUT2D eigenvalue weighted by atomic mass is 10.0. The molecule has 0 aliphatic rings. The minimum absolute atomic E-state index is 0.141. The number of aliphatic carboxylic acids is 1.